The molecule has 2 saturated heterocycles. The van der Waals surface area contributed by atoms with E-state index >= 15 is 0 Å². The van der Waals surface area contributed by atoms with Crippen LogP contribution in [0.3, 0.4) is 0 Å². The molecule has 0 aromatic carbocycles. The first-order valence-electron chi connectivity index (χ1n) is 5.86. The van der Waals surface area contributed by atoms with E-state index < -0.39 is 0 Å². The molecule has 0 spiro atoms. The van der Waals surface area contributed by atoms with Crippen LogP contribution in [0.25, 0.3) is 0 Å². The summed E-state index contributed by atoms with van der Waals surface area (Å²) < 4.78 is 5.47. The first kappa shape index (κ1) is 13.7. The Hall–Kier alpha value is -0.320. The van der Waals surface area contributed by atoms with Crippen molar-refractivity contribution in [2.24, 2.45) is 5.92 Å². The number of halogens is 1. The lowest BCUT2D eigenvalue weighted by Gasteiger charge is -2.32. The van der Waals surface area contributed by atoms with E-state index in [1.54, 1.807) is 0 Å². The zero-order valence-corrected chi connectivity index (χ0v) is 10.6. The quantitative estimate of drug-likeness (QED) is 0.798. The number of hydrogen-bond donors (Lipinski definition) is 1. The lowest BCUT2D eigenvalue weighted by molar-refractivity contribution is -0.140. The molecule has 0 aliphatic carbocycles. The fraction of sp³-hybridized carbons (Fsp3) is 0.909. The number of amides is 1. The highest BCUT2D eigenvalue weighted by Gasteiger charge is 2.23. The third-order valence-electron chi connectivity index (χ3n) is 3.20. The summed E-state index contributed by atoms with van der Waals surface area (Å²) >= 11 is 0. The van der Waals surface area contributed by atoms with Crippen molar-refractivity contribution in [1.82, 2.24) is 10.2 Å². The van der Waals surface area contributed by atoms with E-state index in [1.807, 2.05) is 4.90 Å². The number of carbonyl (C=O) groups is 1. The third kappa shape index (κ3) is 3.61. The average molecular weight is 249 g/mol. The second-order valence-electron chi connectivity index (χ2n) is 4.68. The molecule has 1 amide bonds. The molecular weight excluding hydrogens is 228 g/mol. The van der Waals surface area contributed by atoms with E-state index in [0.29, 0.717) is 5.92 Å². The van der Waals surface area contributed by atoms with Crippen LogP contribution in [-0.2, 0) is 9.53 Å². The molecule has 5 heteroatoms. The minimum Gasteiger partial charge on any atom is -0.366 e. The maximum atomic E-state index is 11.8. The Balaban J connectivity index is 0.00000128. The Morgan fingerprint density at radius 2 is 2.25 bits per heavy atom. The molecule has 0 aromatic rings. The van der Waals surface area contributed by atoms with E-state index in [9.17, 15) is 4.79 Å². The molecule has 2 aliphatic rings. The molecule has 0 aromatic heterocycles. The summed E-state index contributed by atoms with van der Waals surface area (Å²) in [6, 6.07) is 0. The molecule has 94 valence electrons. The SMILES string of the molecule is CC1CCCN(C(=O)COC2CNC2)C1.Cl. The smallest absolute Gasteiger partial charge is 0.248 e. The van der Waals surface area contributed by atoms with Crippen LogP contribution < -0.4 is 5.32 Å². The normalized spacial score (nSPS) is 25.8. The van der Waals surface area contributed by atoms with E-state index in [2.05, 4.69) is 12.2 Å². The highest BCUT2D eigenvalue weighted by molar-refractivity contribution is 5.85. The number of rotatable bonds is 3. The highest BCUT2D eigenvalue weighted by atomic mass is 35.5. The largest absolute Gasteiger partial charge is 0.366 e. The summed E-state index contributed by atoms with van der Waals surface area (Å²) in [7, 11) is 0. The molecular formula is C11H21ClN2O2. The lowest BCUT2D eigenvalue weighted by Crippen LogP contribution is -2.50. The van der Waals surface area contributed by atoms with E-state index in [0.717, 1.165) is 32.6 Å². The number of nitrogens with zero attached hydrogens (tertiary/aromatic N) is 1. The van der Waals surface area contributed by atoms with Gasteiger partial charge in [0.05, 0.1) is 6.10 Å². The summed E-state index contributed by atoms with van der Waals surface area (Å²) in [5.74, 6) is 0.807. The van der Waals surface area contributed by atoms with Crippen molar-refractivity contribution in [1.29, 1.82) is 0 Å². The summed E-state index contributed by atoms with van der Waals surface area (Å²) in [6.07, 6.45) is 2.64. The summed E-state index contributed by atoms with van der Waals surface area (Å²) in [5, 5.41) is 3.12. The molecule has 2 heterocycles. The minimum atomic E-state index is 0. The Bertz CT molecular complexity index is 234. The maximum absolute atomic E-state index is 11.8. The van der Waals surface area contributed by atoms with Gasteiger partial charge in [-0.25, -0.2) is 0 Å². The monoisotopic (exact) mass is 248 g/mol. The van der Waals surface area contributed by atoms with Crippen molar-refractivity contribution in [3.63, 3.8) is 0 Å². The molecule has 16 heavy (non-hydrogen) atoms. The van der Waals surface area contributed by atoms with Crippen molar-refractivity contribution in [3.8, 4) is 0 Å². The predicted octanol–water partition coefficient (Wildman–Crippen LogP) is 0.655. The van der Waals surface area contributed by atoms with Crippen molar-refractivity contribution < 1.29 is 9.53 Å². The van der Waals surface area contributed by atoms with Crippen LogP contribution in [0.1, 0.15) is 19.8 Å². The number of hydrogen-bond acceptors (Lipinski definition) is 3. The van der Waals surface area contributed by atoms with Gasteiger partial charge in [0.15, 0.2) is 0 Å². The fourth-order valence-corrected chi connectivity index (χ4v) is 2.08. The lowest BCUT2D eigenvalue weighted by atomic mass is 10.0. The third-order valence-corrected chi connectivity index (χ3v) is 3.20. The topological polar surface area (TPSA) is 41.6 Å². The molecule has 4 nitrogen and oxygen atoms in total. The second kappa shape index (κ2) is 6.42. The first-order chi connectivity index (χ1) is 7.25. The van der Waals surface area contributed by atoms with Crippen LogP contribution in [0.5, 0.6) is 0 Å². The molecule has 1 unspecified atom stereocenters. The van der Waals surface area contributed by atoms with Gasteiger partial charge in [-0.15, -0.1) is 12.4 Å². The van der Waals surface area contributed by atoms with Crippen molar-refractivity contribution >= 4 is 18.3 Å². The van der Waals surface area contributed by atoms with Crippen LogP contribution in [0, 0.1) is 5.92 Å². The summed E-state index contributed by atoms with van der Waals surface area (Å²) in [4.78, 5) is 13.7. The molecule has 2 rings (SSSR count). The summed E-state index contributed by atoms with van der Waals surface area (Å²) in [6.45, 7) is 6.07. The van der Waals surface area contributed by atoms with Crippen LogP contribution in [0.4, 0.5) is 0 Å². The van der Waals surface area contributed by atoms with E-state index in [4.69, 9.17) is 4.74 Å². The number of likely N-dealkylation sites (tertiary alicyclic amines) is 1. The van der Waals surface area contributed by atoms with Gasteiger partial charge in [0, 0.05) is 26.2 Å². The molecule has 1 atom stereocenters. The molecule has 2 aliphatic heterocycles. The Morgan fingerprint density at radius 1 is 1.50 bits per heavy atom. The van der Waals surface area contributed by atoms with Gasteiger partial charge >= 0.3 is 0 Å². The highest BCUT2D eigenvalue weighted by Crippen LogP contribution is 2.15. The summed E-state index contributed by atoms with van der Waals surface area (Å²) in [5.41, 5.74) is 0. The van der Waals surface area contributed by atoms with Crippen LogP contribution in [0.2, 0.25) is 0 Å². The van der Waals surface area contributed by atoms with Gasteiger partial charge in [0.2, 0.25) is 5.91 Å². The number of nitrogens with one attached hydrogen (secondary N) is 1. The predicted molar refractivity (Wildman–Crippen MR) is 64.8 cm³/mol. The zero-order valence-electron chi connectivity index (χ0n) is 9.78. The average Bonchev–Trinajstić information content (AvgIpc) is 2.15. The minimum absolute atomic E-state index is 0. The van der Waals surface area contributed by atoms with Gasteiger partial charge in [0.1, 0.15) is 6.61 Å². The van der Waals surface area contributed by atoms with Gasteiger partial charge in [-0.1, -0.05) is 6.92 Å². The molecule has 0 bridgehead atoms. The van der Waals surface area contributed by atoms with E-state index in [-0.39, 0.29) is 31.0 Å². The van der Waals surface area contributed by atoms with Gasteiger partial charge in [-0.05, 0) is 18.8 Å². The van der Waals surface area contributed by atoms with Gasteiger partial charge in [-0.2, -0.15) is 0 Å². The molecule has 2 fully saturated rings. The van der Waals surface area contributed by atoms with Crippen LogP contribution >= 0.6 is 12.4 Å². The van der Waals surface area contributed by atoms with Crippen LogP contribution in [0.15, 0.2) is 0 Å². The number of piperidine rings is 1. The zero-order chi connectivity index (χ0) is 10.7. The Kier molecular flexibility index (Phi) is 5.52. The standard InChI is InChI=1S/C11H20N2O2.ClH/c1-9-3-2-4-13(7-9)11(14)8-15-10-5-12-6-10;/h9-10,12H,2-8H2,1H3;1H. The first-order valence-corrected chi connectivity index (χ1v) is 5.86. The second-order valence-corrected chi connectivity index (χ2v) is 4.68. The fourth-order valence-electron chi connectivity index (χ4n) is 2.08. The molecule has 0 saturated carbocycles. The van der Waals surface area contributed by atoms with Gasteiger partial charge < -0.3 is 15.0 Å². The van der Waals surface area contributed by atoms with Gasteiger partial charge in [0.25, 0.3) is 0 Å². The number of carbonyl (C=O) groups excluding carboxylic acids is 1. The Labute approximate surface area is 103 Å². The Morgan fingerprint density at radius 3 is 2.81 bits per heavy atom. The molecule has 0 radical (unpaired) electrons. The maximum Gasteiger partial charge on any atom is 0.248 e. The number of ether oxygens (including phenoxy) is 1. The van der Waals surface area contributed by atoms with Crippen molar-refractivity contribution in [2.45, 2.75) is 25.9 Å². The van der Waals surface area contributed by atoms with Crippen molar-refractivity contribution in [2.75, 3.05) is 32.8 Å². The van der Waals surface area contributed by atoms with E-state index in [1.165, 1.54) is 6.42 Å². The van der Waals surface area contributed by atoms with Gasteiger partial charge in [-0.3, -0.25) is 4.79 Å². The molecule has 1 N–H and O–H groups in total. The van der Waals surface area contributed by atoms with Crippen LogP contribution in [-0.4, -0.2) is 49.7 Å². The van der Waals surface area contributed by atoms with Crippen molar-refractivity contribution in [3.05, 3.63) is 0 Å².